The third-order valence-corrected chi connectivity index (χ3v) is 6.96. The number of thiophene rings is 1. The minimum absolute atomic E-state index is 0.116. The van der Waals surface area contributed by atoms with Crippen LogP contribution in [-0.2, 0) is 9.59 Å². The highest BCUT2D eigenvalue weighted by molar-refractivity contribution is 7.13. The number of rotatable bonds is 4. The Kier molecular flexibility index (Phi) is 5.10. The lowest BCUT2D eigenvalue weighted by molar-refractivity contribution is -0.117. The van der Waals surface area contributed by atoms with E-state index >= 15 is 0 Å². The molecule has 0 bridgehead atoms. The Morgan fingerprint density at radius 3 is 2.87 bits per heavy atom. The van der Waals surface area contributed by atoms with Crippen LogP contribution in [0.4, 0.5) is 16.5 Å². The lowest BCUT2D eigenvalue weighted by atomic mass is 9.88. The molecule has 0 spiro atoms. The van der Waals surface area contributed by atoms with Crippen molar-refractivity contribution in [1.29, 1.82) is 0 Å². The topological polar surface area (TPSA) is 74.3 Å². The van der Waals surface area contributed by atoms with Gasteiger partial charge in [0, 0.05) is 34.1 Å². The van der Waals surface area contributed by atoms with E-state index in [2.05, 4.69) is 15.6 Å². The number of fused-ring (bicyclic) bond motifs is 1. The van der Waals surface area contributed by atoms with Crippen LogP contribution in [0, 0.1) is 0 Å². The van der Waals surface area contributed by atoms with Gasteiger partial charge in [0.15, 0.2) is 10.9 Å². The molecule has 8 heteroatoms. The van der Waals surface area contributed by atoms with Crippen LogP contribution in [0.5, 0.6) is 0 Å². The van der Waals surface area contributed by atoms with Crippen molar-refractivity contribution in [2.45, 2.75) is 25.3 Å². The SMILES string of the molecule is O=C(CN1c2ccccc2NC2=C(C(=O)CCC2)C1c1cccs1)Nc1nccs1. The van der Waals surface area contributed by atoms with Gasteiger partial charge in [0.05, 0.1) is 24.0 Å². The minimum atomic E-state index is -0.300. The van der Waals surface area contributed by atoms with E-state index in [9.17, 15) is 9.59 Å². The Bertz CT molecular complexity index is 1110. The zero-order valence-corrected chi connectivity index (χ0v) is 17.8. The molecule has 5 rings (SSSR count). The summed E-state index contributed by atoms with van der Waals surface area (Å²) in [5.74, 6) is -0.00564. The molecule has 6 nitrogen and oxygen atoms in total. The Morgan fingerprint density at radius 1 is 1.17 bits per heavy atom. The monoisotopic (exact) mass is 436 g/mol. The first-order valence-corrected chi connectivity index (χ1v) is 11.6. The van der Waals surface area contributed by atoms with E-state index in [1.54, 1.807) is 17.5 Å². The van der Waals surface area contributed by atoms with Crippen molar-refractivity contribution in [3.63, 3.8) is 0 Å². The summed E-state index contributed by atoms with van der Waals surface area (Å²) in [5.41, 5.74) is 3.58. The second kappa shape index (κ2) is 8.04. The number of Topliss-reactive ketones (excluding diaryl/α,β-unsaturated/α-hetero) is 1. The number of anilines is 3. The van der Waals surface area contributed by atoms with Crippen LogP contribution in [0.1, 0.15) is 30.2 Å². The number of hydrogen-bond acceptors (Lipinski definition) is 7. The van der Waals surface area contributed by atoms with Crippen LogP contribution in [-0.4, -0.2) is 23.2 Å². The summed E-state index contributed by atoms with van der Waals surface area (Å²) in [6, 6.07) is 11.7. The molecule has 0 radical (unpaired) electrons. The Labute approximate surface area is 182 Å². The Hall–Kier alpha value is -2.97. The highest BCUT2D eigenvalue weighted by atomic mass is 32.1. The van der Waals surface area contributed by atoms with Gasteiger partial charge in [-0.2, -0.15) is 0 Å². The number of amides is 1. The maximum atomic E-state index is 13.1. The van der Waals surface area contributed by atoms with E-state index in [4.69, 9.17) is 0 Å². The summed E-state index contributed by atoms with van der Waals surface area (Å²) >= 11 is 2.99. The lowest BCUT2D eigenvalue weighted by Gasteiger charge is -2.34. The maximum absolute atomic E-state index is 13.1. The molecule has 3 heterocycles. The van der Waals surface area contributed by atoms with Crippen LogP contribution < -0.4 is 15.5 Å². The molecule has 152 valence electrons. The first-order chi connectivity index (χ1) is 14.7. The van der Waals surface area contributed by atoms with Crippen LogP contribution in [0.2, 0.25) is 0 Å². The maximum Gasteiger partial charge on any atom is 0.245 e. The number of para-hydroxylation sites is 2. The standard InChI is InChI=1S/C22H20N4O2S2/c27-17-8-3-6-15-20(17)21(18-9-4-11-29-18)26(16-7-2-1-5-14(16)24-15)13-19(28)25-22-23-10-12-30-22/h1-2,4-5,7,9-12,21,24H,3,6,8,13H2,(H,23,25,28). The van der Waals surface area contributed by atoms with Gasteiger partial charge in [-0.05, 0) is 36.4 Å². The van der Waals surface area contributed by atoms with E-state index in [-0.39, 0.29) is 24.3 Å². The molecule has 0 saturated heterocycles. The van der Waals surface area contributed by atoms with Crippen LogP contribution in [0.3, 0.4) is 0 Å². The molecule has 3 aromatic rings. The summed E-state index contributed by atoms with van der Waals surface area (Å²) in [6.45, 7) is 0.116. The van der Waals surface area contributed by atoms with E-state index in [1.807, 2.05) is 52.1 Å². The number of allylic oxidation sites excluding steroid dienone is 1. The van der Waals surface area contributed by atoms with Crippen molar-refractivity contribution in [1.82, 2.24) is 4.98 Å². The van der Waals surface area contributed by atoms with E-state index in [0.29, 0.717) is 11.6 Å². The van der Waals surface area contributed by atoms with E-state index in [0.717, 1.165) is 40.4 Å². The summed E-state index contributed by atoms with van der Waals surface area (Å²) in [6.07, 6.45) is 3.88. The second-order valence-electron chi connectivity index (χ2n) is 7.24. The number of benzene rings is 1. The normalized spacial score (nSPS) is 18.3. The zero-order chi connectivity index (χ0) is 20.5. The van der Waals surface area contributed by atoms with E-state index in [1.165, 1.54) is 11.3 Å². The first kappa shape index (κ1) is 19.0. The highest BCUT2D eigenvalue weighted by Gasteiger charge is 2.37. The molecule has 1 amide bonds. The van der Waals surface area contributed by atoms with Gasteiger partial charge in [0.2, 0.25) is 5.91 Å². The predicted molar refractivity (Wildman–Crippen MR) is 121 cm³/mol. The number of nitrogens with one attached hydrogen (secondary N) is 2. The van der Waals surface area contributed by atoms with Crippen molar-refractivity contribution in [3.05, 3.63) is 69.5 Å². The number of thiazole rings is 1. The summed E-state index contributed by atoms with van der Waals surface area (Å²) in [4.78, 5) is 33.3. The van der Waals surface area contributed by atoms with Crippen LogP contribution in [0.15, 0.2) is 64.6 Å². The first-order valence-electron chi connectivity index (χ1n) is 9.82. The number of nitrogens with zero attached hydrogens (tertiary/aromatic N) is 2. The minimum Gasteiger partial charge on any atom is -0.357 e. The van der Waals surface area contributed by atoms with Gasteiger partial charge in [0.25, 0.3) is 0 Å². The summed E-state index contributed by atoms with van der Waals surface area (Å²) in [7, 11) is 0. The average Bonchev–Trinajstić information content (AvgIpc) is 3.42. The van der Waals surface area contributed by atoms with Gasteiger partial charge in [-0.15, -0.1) is 22.7 Å². The fourth-order valence-corrected chi connectivity index (χ4v) is 5.51. The number of ketones is 1. The molecular weight excluding hydrogens is 416 g/mol. The second-order valence-corrected chi connectivity index (χ2v) is 9.12. The van der Waals surface area contributed by atoms with Gasteiger partial charge in [-0.1, -0.05) is 18.2 Å². The van der Waals surface area contributed by atoms with Crippen molar-refractivity contribution in [2.24, 2.45) is 0 Å². The third kappa shape index (κ3) is 3.53. The molecule has 0 saturated carbocycles. The quantitative estimate of drug-likeness (QED) is 0.613. The molecule has 1 aromatic carbocycles. The molecule has 1 atom stereocenters. The molecular formula is C22H20N4O2S2. The van der Waals surface area contributed by atoms with Crippen molar-refractivity contribution >= 4 is 50.9 Å². The predicted octanol–water partition coefficient (Wildman–Crippen LogP) is 4.82. The smallest absolute Gasteiger partial charge is 0.245 e. The van der Waals surface area contributed by atoms with Gasteiger partial charge >= 0.3 is 0 Å². The fourth-order valence-electron chi connectivity index (χ4n) is 4.12. The third-order valence-electron chi connectivity index (χ3n) is 5.35. The number of hydrogen-bond donors (Lipinski definition) is 2. The number of carbonyl (C=O) groups is 2. The van der Waals surface area contributed by atoms with Gasteiger partial charge in [-0.25, -0.2) is 4.98 Å². The molecule has 1 aliphatic carbocycles. The van der Waals surface area contributed by atoms with Crippen LogP contribution >= 0.6 is 22.7 Å². The van der Waals surface area contributed by atoms with Crippen LogP contribution in [0.25, 0.3) is 0 Å². The summed E-state index contributed by atoms with van der Waals surface area (Å²) in [5, 5.41) is 10.8. The number of aromatic nitrogens is 1. The lowest BCUT2D eigenvalue weighted by Crippen LogP contribution is -2.38. The molecule has 2 N–H and O–H groups in total. The molecule has 1 aliphatic heterocycles. The summed E-state index contributed by atoms with van der Waals surface area (Å²) < 4.78 is 0. The average molecular weight is 437 g/mol. The zero-order valence-electron chi connectivity index (χ0n) is 16.1. The molecule has 0 fully saturated rings. The fraction of sp³-hybridized carbons (Fsp3) is 0.227. The van der Waals surface area contributed by atoms with Gasteiger partial charge in [0.1, 0.15) is 0 Å². The molecule has 30 heavy (non-hydrogen) atoms. The van der Waals surface area contributed by atoms with Crippen molar-refractivity contribution in [2.75, 3.05) is 22.1 Å². The van der Waals surface area contributed by atoms with E-state index < -0.39 is 0 Å². The largest absolute Gasteiger partial charge is 0.357 e. The van der Waals surface area contributed by atoms with Crippen molar-refractivity contribution < 1.29 is 9.59 Å². The highest BCUT2D eigenvalue weighted by Crippen LogP contribution is 2.45. The van der Waals surface area contributed by atoms with Crippen molar-refractivity contribution in [3.8, 4) is 0 Å². The Morgan fingerprint density at radius 2 is 2.07 bits per heavy atom. The molecule has 1 unspecified atom stereocenters. The Balaban J connectivity index is 1.61. The molecule has 2 aromatic heterocycles. The molecule has 2 aliphatic rings. The number of carbonyl (C=O) groups excluding carboxylic acids is 2. The van der Waals surface area contributed by atoms with Gasteiger partial charge in [-0.3, -0.25) is 9.59 Å². The van der Waals surface area contributed by atoms with Gasteiger partial charge < -0.3 is 15.5 Å².